The van der Waals surface area contributed by atoms with Gasteiger partial charge in [-0.1, -0.05) is 13.8 Å². The molecule has 0 saturated heterocycles. The van der Waals surface area contributed by atoms with Gasteiger partial charge in [-0.25, -0.2) is 4.98 Å². The molecule has 0 saturated carbocycles. The normalized spacial score (nSPS) is 11.5. The summed E-state index contributed by atoms with van der Waals surface area (Å²) in [5, 5.41) is 2.63. The van der Waals surface area contributed by atoms with Crippen molar-refractivity contribution in [1.29, 1.82) is 0 Å². The van der Waals surface area contributed by atoms with Crippen LogP contribution in [0.3, 0.4) is 0 Å². The number of nitrogens with zero attached hydrogens (tertiary/aromatic N) is 1. The molecule has 9 heteroatoms. The largest absolute Gasteiger partial charge is 0.375 e. The van der Waals surface area contributed by atoms with Crippen LogP contribution in [0, 0.1) is 0 Å². The molecule has 1 heterocycles. The molecule has 8 nitrogen and oxygen atoms in total. The molecule has 2 rings (SSSR count). The molecule has 3 N–H and O–H groups in total. The molecule has 1 aromatic carbocycles. The molecule has 1 aromatic heterocycles. The van der Waals surface area contributed by atoms with Crippen LogP contribution in [0.15, 0.2) is 35.5 Å². The minimum Gasteiger partial charge on any atom is -0.375 e. The van der Waals surface area contributed by atoms with Gasteiger partial charge in [0.05, 0.1) is 6.20 Å². The molecule has 0 aliphatic carbocycles. The van der Waals surface area contributed by atoms with Gasteiger partial charge in [-0.15, -0.1) is 0 Å². The van der Waals surface area contributed by atoms with E-state index in [1.165, 1.54) is 13.3 Å². The SMILES string of the molecule is COCC(=O)Nc1ccc(NS(=O)(=O)c2cnc(C(C)C)[nH]2)cc1. The van der Waals surface area contributed by atoms with E-state index in [0.29, 0.717) is 17.2 Å². The first kappa shape index (κ1) is 18.0. The van der Waals surface area contributed by atoms with Gasteiger partial charge in [0.25, 0.3) is 10.0 Å². The second kappa shape index (κ2) is 7.45. The summed E-state index contributed by atoms with van der Waals surface area (Å²) in [7, 11) is -2.32. The smallest absolute Gasteiger partial charge is 0.278 e. The van der Waals surface area contributed by atoms with Crippen LogP contribution in [0.25, 0.3) is 0 Å². The molecule has 0 aliphatic rings. The number of carbonyl (C=O) groups excluding carboxylic acids is 1. The zero-order valence-corrected chi connectivity index (χ0v) is 14.5. The number of aromatic nitrogens is 2. The second-order valence-electron chi connectivity index (χ2n) is 5.45. The van der Waals surface area contributed by atoms with Crippen molar-refractivity contribution in [3.05, 3.63) is 36.3 Å². The summed E-state index contributed by atoms with van der Waals surface area (Å²) in [6.45, 7) is 3.78. The zero-order valence-electron chi connectivity index (χ0n) is 13.7. The van der Waals surface area contributed by atoms with Gasteiger partial charge in [0.15, 0.2) is 5.03 Å². The van der Waals surface area contributed by atoms with Gasteiger partial charge in [-0.2, -0.15) is 8.42 Å². The zero-order chi connectivity index (χ0) is 17.7. The maximum atomic E-state index is 12.3. The average molecular weight is 352 g/mol. The van der Waals surface area contributed by atoms with Gasteiger partial charge in [0.2, 0.25) is 5.91 Å². The van der Waals surface area contributed by atoms with Gasteiger partial charge in [0.1, 0.15) is 12.4 Å². The first-order chi connectivity index (χ1) is 11.3. The number of imidazole rings is 1. The van der Waals surface area contributed by atoms with Crippen LogP contribution >= 0.6 is 0 Å². The van der Waals surface area contributed by atoms with Crippen LogP contribution in [0.5, 0.6) is 0 Å². The number of sulfonamides is 1. The fourth-order valence-corrected chi connectivity index (χ4v) is 2.90. The third kappa shape index (κ3) is 4.56. The molecule has 0 fully saturated rings. The Hall–Kier alpha value is -2.39. The molecule has 24 heavy (non-hydrogen) atoms. The molecule has 0 spiro atoms. The number of H-pyrrole nitrogens is 1. The maximum Gasteiger partial charge on any atom is 0.278 e. The number of carbonyl (C=O) groups is 1. The van der Waals surface area contributed by atoms with Crippen LogP contribution in [0.2, 0.25) is 0 Å². The van der Waals surface area contributed by atoms with Gasteiger partial charge in [-0.05, 0) is 24.3 Å². The summed E-state index contributed by atoms with van der Waals surface area (Å²) in [5.74, 6) is 0.417. The van der Waals surface area contributed by atoms with E-state index in [-0.39, 0.29) is 23.5 Å². The Bertz CT molecular complexity index is 797. The Kier molecular flexibility index (Phi) is 5.58. The van der Waals surface area contributed by atoms with Crippen LogP contribution in [-0.2, 0) is 19.6 Å². The fraction of sp³-hybridized carbons (Fsp3) is 0.333. The lowest BCUT2D eigenvalue weighted by atomic mass is 10.2. The van der Waals surface area contributed by atoms with Crippen molar-refractivity contribution in [1.82, 2.24) is 9.97 Å². The van der Waals surface area contributed by atoms with Crippen molar-refractivity contribution in [2.45, 2.75) is 24.8 Å². The van der Waals surface area contributed by atoms with Crippen LogP contribution in [0.4, 0.5) is 11.4 Å². The van der Waals surface area contributed by atoms with Crippen molar-refractivity contribution in [2.75, 3.05) is 23.8 Å². The highest BCUT2D eigenvalue weighted by Gasteiger charge is 2.18. The molecular weight excluding hydrogens is 332 g/mol. The van der Waals surface area contributed by atoms with Gasteiger partial charge in [-0.3, -0.25) is 9.52 Å². The third-order valence-electron chi connectivity index (χ3n) is 3.10. The summed E-state index contributed by atoms with van der Waals surface area (Å²) < 4.78 is 31.8. The van der Waals surface area contributed by atoms with E-state index < -0.39 is 10.0 Å². The minimum atomic E-state index is -3.75. The quantitative estimate of drug-likeness (QED) is 0.704. The number of aromatic amines is 1. The fourth-order valence-electron chi connectivity index (χ4n) is 1.91. The van der Waals surface area contributed by atoms with Gasteiger partial charge >= 0.3 is 0 Å². The minimum absolute atomic E-state index is 0.00340. The highest BCUT2D eigenvalue weighted by atomic mass is 32.2. The predicted molar refractivity (Wildman–Crippen MR) is 90.4 cm³/mol. The molecule has 130 valence electrons. The lowest BCUT2D eigenvalue weighted by Gasteiger charge is -2.08. The molecule has 2 aromatic rings. The monoisotopic (exact) mass is 352 g/mol. The van der Waals surface area contributed by atoms with Gasteiger partial charge in [0, 0.05) is 24.4 Å². The van der Waals surface area contributed by atoms with Crippen molar-refractivity contribution < 1.29 is 17.9 Å². The first-order valence-corrected chi connectivity index (χ1v) is 8.76. The topological polar surface area (TPSA) is 113 Å². The second-order valence-corrected chi connectivity index (χ2v) is 7.10. The Morgan fingerprint density at radius 3 is 2.42 bits per heavy atom. The molecule has 0 unspecified atom stereocenters. The standard InChI is InChI=1S/C15H20N4O4S/c1-10(2)15-16-8-14(18-15)24(21,22)19-12-6-4-11(5-7-12)17-13(20)9-23-3/h4-8,10,19H,9H2,1-3H3,(H,16,18)(H,17,20). The van der Waals surface area contributed by atoms with E-state index in [1.807, 2.05) is 13.8 Å². The number of anilines is 2. The van der Waals surface area contributed by atoms with E-state index in [2.05, 4.69) is 20.0 Å². The number of benzene rings is 1. The Balaban J connectivity index is 2.08. The van der Waals surface area contributed by atoms with E-state index in [4.69, 9.17) is 4.74 Å². The van der Waals surface area contributed by atoms with Gasteiger partial charge < -0.3 is 15.0 Å². The summed E-state index contributed by atoms with van der Waals surface area (Å²) in [4.78, 5) is 18.3. The molecule has 1 amide bonds. The Morgan fingerprint density at radius 2 is 1.88 bits per heavy atom. The number of hydrogen-bond donors (Lipinski definition) is 3. The Morgan fingerprint density at radius 1 is 1.25 bits per heavy atom. The number of amides is 1. The first-order valence-electron chi connectivity index (χ1n) is 7.28. The van der Waals surface area contributed by atoms with Crippen molar-refractivity contribution >= 4 is 27.3 Å². The van der Waals surface area contributed by atoms with E-state index in [1.54, 1.807) is 24.3 Å². The molecule has 0 atom stereocenters. The average Bonchev–Trinajstić information content (AvgIpc) is 3.00. The maximum absolute atomic E-state index is 12.3. The number of methoxy groups -OCH3 is 1. The summed E-state index contributed by atoms with van der Waals surface area (Å²) in [5.41, 5.74) is 0.920. The van der Waals surface area contributed by atoms with Crippen LogP contribution in [-0.4, -0.2) is 38.0 Å². The number of hydrogen-bond acceptors (Lipinski definition) is 5. The number of rotatable bonds is 7. The Labute approximate surface area is 140 Å². The van der Waals surface area contributed by atoms with Crippen LogP contribution in [0.1, 0.15) is 25.6 Å². The molecule has 0 radical (unpaired) electrons. The molecular formula is C15H20N4O4S. The van der Waals surface area contributed by atoms with Crippen molar-refractivity contribution in [3.8, 4) is 0 Å². The summed E-state index contributed by atoms with van der Waals surface area (Å²) >= 11 is 0. The summed E-state index contributed by atoms with van der Waals surface area (Å²) in [6.07, 6.45) is 1.29. The highest BCUT2D eigenvalue weighted by molar-refractivity contribution is 7.92. The van der Waals surface area contributed by atoms with E-state index in [0.717, 1.165) is 0 Å². The lowest BCUT2D eigenvalue weighted by molar-refractivity contribution is -0.119. The third-order valence-corrected chi connectivity index (χ3v) is 4.40. The van der Waals surface area contributed by atoms with Crippen LogP contribution < -0.4 is 10.0 Å². The number of ether oxygens (including phenoxy) is 1. The van der Waals surface area contributed by atoms with E-state index in [9.17, 15) is 13.2 Å². The predicted octanol–water partition coefficient (Wildman–Crippen LogP) is 1.92. The van der Waals surface area contributed by atoms with Crippen molar-refractivity contribution in [2.24, 2.45) is 0 Å². The molecule has 0 bridgehead atoms. The number of nitrogens with one attached hydrogen (secondary N) is 3. The van der Waals surface area contributed by atoms with E-state index >= 15 is 0 Å². The summed E-state index contributed by atoms with van der Waals surface area (Å²) in [6, 6.07) is 6.30. The van der Waals surface area contributed by atoms with Crippen molar-refractivity contribution in [3.63, 3.8) is 0 Å². The highest BCUT2D eigenvalue weighted by Crippen LogP contribution is 2.19. The lowest BCUT2D eigenvalue weighted by Crippen LogP contribution is -2.17. The molecule has 0 aliphatic heterocycles.